The van der Waals surface area contributed by atoms with Gasteiger partial charge in [0.1, 0.15) is 5.75 Å². The van der Waals surface area contributed by atoms with Crippen molar-refractivity contribution >= 4 is 17.3 Å². The van der Waals surface area contributed by atoms with Crippen LogP contribution in [0.4, 0.5) is 5.69 Å². The Bertz CT molecular complexity index is 755. The Balaban J connectivity index is 1.69. The summed E-state index contributed by atoms with van der Waals surface area (Å²) in [5.41, 5.74) is 3.67. The first-order valence-electron chi connectivity index (χ1n) is 6.95. The monoisotopic (exact) mass is 310 g/mol. The molecule has 110 valence electrons. The van der Waals surface area contributed by atoms with E-state index in [9.17, 15) is 5.11 Å². The summed E-state index contributed by atoms with van der Waals surface area (Å²) in [5, 5.41) is 13.7. The third-order valence-corrected chi connectivity index (χ3v) is 3.63. The van der Waals surface area contributed by atoms with Crippen LogP contribution in [0.3, 0.4) is 0 Å². The maximum atomic E-state index is 9.74. The lowest BCUT2D eigenvalue weighted by Crippen LogP contribution is -2.00. The van der Waals surface area contributed by atoms with Crippen LogP contribution < -0.4 is 5.32 Å². The van der Waals surface area contributed by atoms with E-state index in [1.165, 1.54) is 0 Å². The number of phenols is 1. The molecule has 0 saturated carbocycles. The first-order valence-corrected chi connectivity index (χ1v) is 7.33. The quantitative estimate of drug-likeness (QED) is 0.733. The van der Waals surface area contributed by atoms with Crippen LogP contribution in [0.2, 0.25) is 5.02 Å². The summed E-state index contributed by atoms with van der Waals surface area (Å²) in [7, 11) is 0. The van der Waals surface area contributed by atoms with Crippen molar-refractivity contribution in [3.63, 3.8) is 0 Å². The molecule has 1 heterocycles. The van der Waals surface area contributed by atoms with Gasteiger partial charge in [-0.1, -0.05) is 41.9 Å². The molecule has 3 aromatic rings. The number of aromatic hydroxyl groups is 1. The highest BCUT2D eigenvalue weighted by Gasteiger charge is 2.02. The number of nitrogens with zero attached hydrogens (tertiary/aromatic N) is 1. The molecule has 0 bridgehead atoms. The third kappa shape index (κ3) is 3.38. The number of para-hydroxylation sites is 1. The first kappa shape index (κ1) is 14.4. The second-order valence-corrected chi connectivity index (χ2v) is 5.36. The van der Waals surface area contributed by atoms with E-state index in [1.807, 2.05) is 48.5 Å². The normalized spacial score (nSPS) is 10.4. The van der Waals surface area contributed by atoms with Crippen molar-refractivity contribution in [2.45, 2.75) is 6.54 Å². The number of anilines is 1. The lowest BCUT2D eigenvalue weighted by Gasteiger charge is -2.08. The number of halogens is 1. The van der Waals surface area contributed by atoms with Gasteiger partial charge in [0.05, 0.1) is 17.6 Å². The van der Waals surface area contributed by atoms with Gasteiger partial charge < -0.3 is 10.4 Å². The molecule has 0 aliphatic carbocycles. The number of hydrogen-bond donors (Lipinski definition) is 2. The maximum Gasteiger partial charge on any atom is 0.120 e. The van der Waals surface area contributed by atoms with Crippen LogP contribution in [0.25, 0.3) is 11.3 Å². The molecule has 2 N–H and O–H groups in total. The van der Waals surface area contributed by atoms with E-state index in [1.54, 1.807) is 18.3 Å². The molecule has 0 amide bonds. The standard InChI is InChI=1S/C18H15ClN2O/c19-15-7-5-13(6-8-15)17-10-9-16(12-21-17)20-11-14-3-1-2-4-18(14)22/h1-10,12,20,22H,11H2. The van der Waals surface area contributed by atoms with Gasteiger partial charge in [0.15, 0.2) is 0 Å². The number of hydrogen-bond acceptors (Lipinski definition) is 3. The molecule has 0 unspecified atom stereocenters. The summed E-state index contributed by atoms with van der Waals surface area (Å²) in [6.45, 7) is 0.550. The Labute approximate surface area is 134 Å². The van der Waals surface area contributed by atoms with E-state index in [0.717, 1.165) is 22.5 Å². The summed E-state index contributed by atoms with van der Waals surface area (Å²) in [5.74, 6) is 0.292. The molecule has 0 aliphatic rings. The molecule has 2 aromatic carbocycles. The van der Waals surface area contributed by atoms with Crippen molar-refractivity contribution in [1.82, 2.24) is 4.98 Å². The van der Waals surface area contributed by atoms with Crippen molar-refractivity contribution in [2.24, 2.45) is 0 Å². The average molecular weight is 311 g/mol. The molecule has 0 atom stereocenters. The summed E-state index contributed by atoms with van der Waals surface area (Å²) in [6.07, 6.45) is 1.78. The van der Waals surface area contributed by atoms with Gasteiger partial charge in [0.2, 0.25) is 0 Å². The summed E-state index contributed by atoms with van der Waals surface area (Å²) in [4.78, 5) is 4.45. The molecule has 22 heavy (non-hydrogen) atoms. The van der Waals surface area contributed by atoms with Gasteiger partial charge >= 0.3 is 0 Å². The van der Waals surface area contributed by atoms with Crippen LogP contribution in [0.5, 0.6) is 5.75 Å². The van der Waals surface area contributed by atoms with Crippen LogP contribution in [-0.4, -0.2) is 10.1 Å². The van der Waals surface area contributed by atoms with Crippen molar-refractivity contribution in [3.8, 4) is 17.0 Å². The minimum absolute atomic E-state index is 0.292. The molecule has 0 aliphatic heterocycles. The molecule has 0 fully saturated rings. The van der Waals surface area contributed by atoms with E-state index >= 15 is 0 Å². The Morgan fingerprint density at radius 1 is 0.955 bits per heavy atom. The summed E-state index contributed by atoms with van der Waals surface area (Å²) >= 11 is 5.89. The smallest absolute Gasteiger partial charge is 0.120 e. The van der Waals surface area contributed by atoms with Crippen LogP contribution in [-0.2, 0) is 6.54 Å². The van der Waals surface area contributed by atoms with Gasteiger partial charge in [-0.25, -0.2) is 0 Å². The Hall–Kier alpha value is -2.52. The molecule has 0 radical (unpaired) electrons. The predicted octanol–water partition coefficient (Wildman–Crippen LogP) is 4.72. The first-order chi connectivity index (χ1) is 10.7. The topological polar surface area (TPSA) is 45.1 Å². The van der Waals surface area contributed by atoms with Gasteiger partial charge in [-0.15, -0.1) is 0 Å². The molecular formula is C18H15ClN2O. The molecule has 3 rings (SSSR count). The summed E-state index contributed by atoms with van der Waals surface area (Å²) < 4.78 is 0. The summed E-state index contributed by atoms with van der Waals surface area (Å²) in [6, 6.07) is 18.8. The predicted molar refractivity (Wildman–Crippen MR) is 90.1 cm³/mol. The van der Waals surface area contributed by atoms with Gasteiger partial charge in [-0.2, -0.15) is 0 Å². The fraction of sp³-hybridized carbons (Fsp3) is 0.0556. The molecule has 0 saturated heterocycles. The van der Waals surface area contributed by atoms with E-state index in [4.69, 9.17) is 11.6 Å². The number of aromatic nitrogens is 1. The maximum absolute atomic E-state index is 9.74. The number of pyridine rings is 1. The highest BCUT2D eigenvalue weighted by atomic mass is 35.5. The van der Waals surface area contributed by atoms with E-state index < -0.39 is 0 Å². The molecular weight excluding hydrogens is 296 g/mol. The fourth-order valence-electron chi connectivity index (χ4n) is 2.15. The van der Waals surface area contributed by atoms with Crippen LogP contribution in [0.15, 0.2) is 66.9 Å². The van der Waals surface area contributed by atoms with Crippen LogP contribution in [0.1, 0.15) is 5.56 Å². The lowest BCUT2D eigenvalue weighted by molar-refractivity contribution is 0.469. The number of benzene rings is 2. The van der Waals surface area contributed by atoms with Gasteiger partial charge in [-0.05, 0) is 30.3 Å². The van der Waals surface area contributed by atoms with Gasteiger partial charge in [-0.3, -0.25) is 4.98 Å². The highest BCUT2D eigenvalue weighted by Crippen LogP contribution is 2.22. The second kappa shape index (κ2) is 6.50. The zero-order chi connectivity index (χ0) is 15.4. The molecule has 4 heteroatoms. The SMILES string of the molecule is Oc1ccccc1CNc1ccc(-c2ccc(Cl)cc2)nc1. The second-order valence-electron chi connectivity index (χ2n) is 4.92. The lowest BCUT2D eigenvalue weighted by atomic mass is 10.1. The number of rotatable bonds is 4. The molecule has 0 spiro atoms. The van der Waals surface area contributed by atoms with Gasteiger partial charge in [0, 0.05) is 22.7 Å². The van der Waals surface area contributed by atoms with Crippen molar-refractivity contribution in [1.29, 1.82) is 0 Å². The Morgan fingerprint density at radius 2 is 1.73 bits per heavy atom. The van der Waals surface area contributed by atoms with Crippen LogP contribution in [0, 0.1) is 0 Å². The van der Waals surface area contributed by atoms with Crippen molar-refractivity contribution in [3.05, 3.63) is 77.4 Å². The molecule has 1 aromatic heterocycles. The largest absolute Gasteiger partial charge is 0.508 e. The zero-order valence-corrected chi connectivity index (χ0v) is 12.6. The van der Waals surface area contributed by atoms with E-state index in [0.29, 0.717) is 17.3 Å². The van der Waals surface area contributed by atoms with Crippen LogP contribution >= 0.6 is 11.6 Å². The minimum Gasteiger partial charge on any atom is -0.508 e. The minimum atomic E-state index is 0.292. The number of phenolic OH excluding ortho intramolecular Hbond substituents is 1. The average Bonchev–Trinajstić information content (AvgIpc) is 2.55. The Kier molecular flexibility index (Phi) is 4.26. The fourth-order valence-corrected chi connectivity index (χ4v) is 2.27. The Morgan fingerprint density at radius 3 is 2.41 bits per heavy atom. The molecule has 3 nitrogen and oxygen atoms in total. The van der Waals surface area contributed by atoms with E-state index in [-0.39, 0.29) is 0 Å². The highest BCUT2D eigenvalue weighted by molar-refractivity contribution is 6.30. The van der Waals surface area contributed by atoms with Crippen molar-refractivity contribution in [2.75, 3.05) is 5.32 Å². The van der Waals surface area contributed by atoms with Gasteiger partial charge in [0.25, 0.3) is 0 Å². The third-order valence-electron chi connectivity index (χ3n) is 3.38. The zero-order valence-electron chi connectivity index (χ0n) is 11.8. The van der Waals surface area contributed by atoms with E-state index in [2.05, 4.69) is 10.3 Å². The number of nitrogens with one attached hydrogen (secondary N) is 1. The van der Waals surface area contributed by atoms with Crippen molar-refractivity contribution < 1.29 is 5.11 Å².